The highest BCUT2D eigenvalue weighted by Crippen LogP contribution is 2.35. The number of para-hydroxylation sites is 2. The molecule has 2 aromatic rings. The van der Waals surface area contributed by atoms with E-state index >= 15 is 0 Å². The Balaban J connectivity index is 1.11. The molecule has 0 atom stereocenters. The Bertz CT molecular complexity index is 901. The molecule has 0 amide bonds. The summed E-state index contributed by atoms with van der Waals surface area (Å²) in [6.45, 7) is 10.4. The van der Waals surface area contributed by atoms with Crippen LogP contribution < -0.4 is 4.90 Å². The molecule has 0 fully saturated rings. The van der Waals surface area contributed by atoms with Crippen LogP contribution in [0.3, 0.4) is 0 Å². The van der Waals surface area contributed by atoms with E-state index in [0.29, 0.717) is 85.9 Å². The van der Waals surface area contributed by atoms with E-state index < -0.39 is 0 Å². The number of hydrogen-bond acceptors (Lipinski definition) is 9. The molecular formula is C33H52N2O7. The maximum atomic E-state index is 5.77. The fourth-order valence-electron chi connectivity index (χ4n) is 4.79. The van der Waals surface area contributed by atoms with Crippen LogP contribution in [0, 0.1) is 0 Å². The van der Waals surface area contributed by atoms with Crippen molar-refractivity contribution in [3.8, 4) is 0 Å². The number of aryl methyl sites for hydroxylation is 2. The molecule has 1 aliphatic heterocycles. The second-order valence-corrected chi connectivity index (χ2v) is 10.2. The van der Waals surface area contributed by atoms with Gasteiger partial charge in [0, 0.05) is 31.6 Å². The van der Waals surface area contributed by atoms with E-state index in [4.69, 9.17) is 33.2 Å². The topological polar surface area (TPSA) is 71.1 Å². The number of nitrogens with zero attached hydrogens (tertiary/aromatic N) is 2. The Morgan fingerprint density at radius 1 is 0.548 bits per heavy atom. The molecule has 1 heterocycles. The van der Waals surface area contributed by atoms with E-state index in [-0.39, 0.29) is 0 Å². The zero-order valence-corrected chi connectivity index (χ0v) is 25.8. The number of likely N-dealkylation sites (N-methyl/N-ethyl adjacent to an activating group) is 1. The molecule has 0 saturated carbocycles. The Morgan fingerprint density at radius 3 is 1.40 bits per heavy atom. The van der Waals surface area contributed by atoms with Crippen molar-refractivity contribution in [3.05, 3.63) is 59.7 Å². The fraction of sp³-hybridized carbons (Fsp3) is 0.636. The molecule has 9 heteroatoms. The van der Waals surface area contributed by atoms with Gasteiger partial charge in [-0.3, -0.25) is 0 Å². The minimum absolute atomic E-state index is 0.545. The van der Waals surface area contributed by atoms with Crippen molar-refractivity contribution in [1.82, 2.24) is 4.90 Å². The number of methoxy groups -OCH3 is 1. The molecule has 0 N–H and O–H groups in total. The lowest BCUT2D eigenvalue weighted by Gasteiger charge is -2.28. The van der Waals surface area contributed by atoms with Crippen molar-refractivity contribution in [2.24, 2.45) is 0 Å². The second-order valence-electron chi connectivity index (χ2n) is 10.2. The van der Waals surface area contributed by atoms with Crippen LogP contribution in [-0.4, -0.2) is 125 Å². The van der Waals surface area contributed by atoms with Gasteiger partial charge in [-0.05, 0) is 56.1 Å². The average molecular weight is 589 g/mol. The molecular weight excluding hydrogens is 536 g/mol. The summed E-state index contributed by atoms with van der Waals surface area (Å²) in [5.74, 6) is 0. The lowest BCUT2D eigenvalue weighted by Crippen LogP contribution is -2.28. The van der Waals surface area contributed by atoms with Crippen LogP contribution in [-0.2, 0) is 46.0 Å². The van der Waals surface area contributed by atoms with E-state index in [1.165, 1.54) is 22.5 Å². The van der Waals surface area contributed by atoms with E-state index in [1.54, 1.807) is 7.11 Å². The van der Waals surface area contributed by atoms with E-state index in [1.807, 2.05) is 0 Å². The number of benzene rings is 2. The number of ether oxygens (including phenoxy) is 7. The lowest BCUT2D eigenvalue weighted by molar-refractivity contribution is -0.0195. The van der Waals surface area contributed by atoms with Gasteiger partial charge in [0.2, 0.25) is 0 Å². The smallest absolute Gasteiger partial charge is 0.0701 e. The van der Waals surface area contributed by atoms with Gasteiger partial charge in [0.25, 0.3) is 0 Å². The van der Waals surface area contributed by atoms with Gasteiger partial charge in [-0.15, -0.1) is 0 Å². The van der Waals surface area contributed by atoms with Gasteiger partial charge in [0.05, 0.1) is 85.9 Å². The molecule has 2 aromatic carbocycles. The Hall–Kier alpha value is -2.08. The van der Waals surface area contributed by atoms with Crippen LogP contribution >= 0.6 is 0 Å². The van der Waals surface area contributed by atoms with E-state index in [0.717, 1.165) is 38.9 Å². The summed E-state index contributed by atoms with van der Waals surface area (Å²) < 4.78 is 38.0. The number of hydrogen-bond donors (Lipinski definition) is 0. The first-order valence-electron chi connectivity index (χ1n) is 15.4. The average Bonchev–Trinajstić information content (AvgIpc) is 3.17. The van der Waals surface area contributed by atoms with E-state index in [9.17, 15) is 0 Å². The van der Waals surface area contributed by atoms with Crippen LogP contribution in [0.2, 0.25) is 0 Å². The van der Waals surface area contributed by atoms with Crippen molar-refractivity contribution < 1.29 is 33.2 Å². The quantitative estimate of drug-likeness (QED) is 0.160. The van der Waals surface area contributed by atoms with Crippen LogP contribution in [0.15, 0.2) is 48.5 Å². The summed E-state index contributed by atoms with van der Waals surface area (Å²) in [7, 11) is 3.82. The summed E-state index contributed by atoms with van der Waals surface area (Å²) in [6, 6.07) is 17.7. The zero-order valence-electron chi connectivity index (χ0n) is 25.8. The Labute approximate surface area is 252 Å². The highest BCUT2D eigenvalue weighted by atomic mass is 16.6. The SMILES string of the molecule is COCCOCCOCCOCCOCCOCCOCCN(C)CCCN1c2ccccc2CCc2ccccc21. The Morgan fingerprint density at radius 2 is 0.952 bits per heavy atom. The monoisotopic (exact) mass is 588 g/mol. The van der Waals surface area contributed by atoms with Crippen molar-refractivity contribution in [3.63, 3.8) is 0 Å². The van der Waals surface area contributed by atoms with Gasteiger partial charge in [-0.2, -0.15) is 0 Å². The first kappa shape index (κ1) is 34.4. The highest BCUT2D eigenvalue weighted by molar-refractivity contribution is 5.71. The molecule has 0 aromatic heterocycles. The van der Waals surface area contributed by atoms with Crippen molar-refractivity contribution >= 4 is 11.4 Å². The summed E-state index contributed by atoms with van der Waals surface area (Å²) in [6.07, 6.45) is 3.28. The van der Waals surface area contributed by atoms with Crippen LogP contribution in [0.1, 0.15) is 17.5 Å². The number of anilines is 2. The summed E-state index contributed by atoms with van der Waals surface area (Å²) in [5, 5.41) is 0. The van der Waals surface area contributed by atoms with Crippen molar-refractivity contribution in [2.75, 3.05) is 125 Å². The van der Waals surface area contributed by atoms with Gasteiger partial charge < -0.3 is 43.0 Å². The maximum absolute atomic E-state index is 5.77. The van der Waals surface area contributed by atoms with Crippen molar-refractivity contribution in [1.29, 1.82) is 0 Å². The molecule has 9 nitrogen and oxygen atoms in total. The summed E-state index contributed by atoms with van der Waals surface area (Å²) >= 11 is 0. The predicted molar refractivity (Wildman–Crippen MR) is 166 cm³/mol. The number of rotatable bonds is 25. The second kappa shape index (κ2) is 22.5. The Kier molecular flexibility index (Phi) is 18.4. The van der Waals surface area contributed by atoms with Gasteiger partial charge in [-0.25, -0.2) is 0 Å². The molecule has 0 saturated heterocycles. The first-order chi connectivity index (χ1) is 20.8. The molecule has 0 aliphatic carbocycles. The zero-order chi connectivity index (χ0) is 29.5. The fourth-order valence-corrected chi connectivity index (χ4v) is 4.79. The minimum Gasteiger partial charge on any atom is -0.382 e. The predicted octanol–water partition coefficient (Wildman–Crippen LogP) is 3.99. The number of fused-ring (bicyclic) bond motifs is 2. The van der Waals surface area contributed by atoms with Gasteiger partial charge in [-0.1, -0.05) is 36.4 Å². The highest BCUT2D eigenvalue weighted by Gasteiger charge is 2.19. The molecule has 0 bridgehead atoms. The van der Waals surface area contributed by atoms with Gasteiger partial charge in [0.1, 0.15) is 0 Å². The lowest BCUT2D eigenvalue weighted by atomic mass is 10.0. The third-order valence-electron chi connectivity index (χ3n) is 7.06. The van der Waals surface area contributed by atoms with E-state index in [2.05, 4.69) is 65.4 Å². The normalized spacial score (nSPS) is 12.9. The molecule has 1 aliphatic rings. The largest absolute Gasteiger partial charge is 0.382 e. The summed E-state index contributed by atoms with van der Waals surface area (Å²) in [5.41, 5.74) is 5.58. The summed E-state index contributed by atoms with van der Waals surface area (Å²) in [4.78, 5) is 4.85. The van der Waals surface area contributed by atoms with Crippen LogP contribution in [0.25, 0.3) is 0 Å². The molecule has 0 radical (unpaired) electrons. The third-order valence-corrected chi connectivity index (χ3v) is 7.06. The first-order valence-corrected chi connectivity index (χ1v) is 15.4. The third kappa shape index (κ3) is 13.9. The minimum atomic E-state index is 0.545. The van der Waals surface area contributed by atoms with Crippen LogP contribution in [0.5, 0.6) is 0 Å². The molecule has 0 unspecified atom stereocenters. The van der Waals surface area contributed by atoms with Gasteiger partial charge >= 0.3 is 0 Å². The molecule has 3 rings (SSSR count). The van der Waals surface area contributed by atoms with Crippen molar-refractivity contribution in [2.45, 2.75) is 19.3 Å². The van der Waals surface area contributed by atoms with Crippen LogP contribution in [0.4, 0.5) is 11.4 Å². The van der Waals surface area contributed by atoms with Gasteiger partial charge in [0.15, 0.2) is 0 Å². The maximum Gasteiger partial charge on any atom is 0.0701 e. The molecule has 236 valence electrons. The molecule has 42 heavy (non-hydrogen) atoms. The molecule has 0 spiro atoms. The standard InChI is InChI=1S/C33H52N2O7/c1-34(14-7-15-35-32-10-5-3-8-30(32)12-13-31-9-4-6-11-33(31)35)16-17-37-20-21-39-24-25-41-28-29-42-27-26-40-23-22-38-19-18-36-2/h3-6,8-11H,7,12-29H2,1-2H3.